The number of aryl methyl sites for hydroxylation is 2. The van der Waals surface area contributed by atoms with E-state index in [0.29, 0.717) is 0 Å². The normalized spacial score (nSPS) is 12.1. The van der Waals surface area contributed by atoms with Crippen LogP contribution in [-0.4, -0.2) is 9.78 Å². The van der Waals surface area contributed by atoms with E-state index in [9.17, 15) is 0 Å². The molecule has 0 atom stereocenters. The van der Waals surface area contributed by atoms with Gasteiger partial charge in [0.05, 0.1) is 5.69 Å². The summed E-state index contributed by atoms with van der Waals surface area (Å²) in [6.07, 6.45) is 2.12. The minimum atomic E-state index is 0.0938. The molecule has 0 aromatic carbocycles. The highest BCUT2D eigenvalue weighted by Crippen LogP contribution is 2.24. The molecule has 0 amide bonds. The quantitative estimate of drug-likeness (QED) is 0.928. The first-order valence-corrected chi connectivity index (χ1v) is 7.57. The Morgan fingerprint density at radius 2 is 1.89 bits per heavy atom. The topological polar surface area (TPSA) is 29.9 Å². The van der Waals surface area contributed by atoms with Crippen molar-refractivity contribution in [1.82, 2.24) is 15.1 Å². The van der Waals surface area contributed by atoms with Gasteiger partial charge in [-0.25, -0.2) is 0 Å². The van der Waals surface area contributed by atoms with Crippen LogP contribution in [0.2, 0.25) is 0 Å². The van der Waals surface area contributed by atoms with Gasteiger partial charge in [-0.2, -0.15) is 16.4 Å². The summed E-state index contributed by atoms with van der Waals surface area (Å²) in [7, 11) is 1.99. The van der Waals surface area contributed by atoms with E-state index in [1.807, 2.05) is 11.7 Å². The predicted molar refractivity (Wildman–Crippen MR) is 81.5 cm³/mol. The van der Waals surface area contributed by atoms with Crippen LogP contribution in [0.4, 0.5) is 0 Å². The number of aromatic nitrogens is 2. The molecule has 3 nitrogen and oxygen atoms in total. The van der Waals surface area contributed by atoms with E-state index in [2.05, 4.69) is 55.1 Å². The molecule has 2 rings (SSSR count). The number of rotatable bonds is 4. The number of hydrogen-bond donors (Lipinski definition) is 1. The largest absolute Gasteiger partial charge is 0.308 e. The van der Waals surface area contributed by atoms with Crippen molar-refractivity contribution in [2.75, 3.05) is 0 Å². The van der Waals surface area contributed by atoms with Crippen molar-refractivity contribution in [3.8, 4) is 0 Å². The third kappa shape index (κ3) is 3.45. The van der Waals surface area contributed by atoms with Gasteiger partial charge in [0.2, 0.25) is 0 Å². The zero-order valence-corrected chi connectivity index (χ0v) is 13.3. The summed E-state index contributed by atoms with van der Waals surface area (Å²) in [5.41, 5.74) is 5.34. The molecule has 0 bridgehead atoms. The van der Waals surface area contributed by atoms with Crippen LogP contribution < -0.4 is 5.32 Å². The molecule has 0 aliphatic rings. The van der Waals surface area contributed by atoms with Crippen LogP contribution in [0.25, 0.3) is 0 Å². The zero-order valence-electron chi connectivity index (χ0n) is 12.4. The molecule has 0 aliphatic carbocycles. The number of thiophene rings is 1. The first-order valence-electron chi connectivity index (χ1n) is 6.63. The highest BCUT2D eigenvalue weighted by atomic mass is 32.1. The molecule has 0 saturated heterocycles. The van der Waals surface area contributed by atoms with Crippen molar-refractivity contribution in [3.63, 3.8) is 0 Å². The lowest BCUT2D eigenvalue weighted by Gasteiger charge is -2.17. The molecule has 0 aliphatic heterocycles. The zero-order chi connectivity index (χ0) is 14.0. The van der Waals surface area contributed by atoms with Gasteiger partial charge in [-0.3, -0.25) is 4.68 Å². The molecule has 2 aromatic heterocycles. The Labute approximate surface area is 119 Å². The van der Waals surface area contributed by atoms with E-state index in [-0.39, 0.29) is 5.41 Å². The van der Waals surface area contributed by atoms with E-state index >= 15 is 0 Å². The molecule has 0 unspecified atom stereocenters. The Bertz CT molecular complexity index is 546. The minimum absolute atomic E-state index is 0.0938. The Morgan fingerprint density at radius 3 is 2.47 bits per heavy atom. The molecule has 2 aromatic rings. The molecule has 0 spiro atoms. The Hall–Kier alpha value is -1.13. The second kappa shape index (κ2) is 5.47. The maximum Gasteiger partial charge on any atom is 0.0722 e. The number of nitrogens with zero attached hydrogens (tertiary/aromatic N) is 2. The Balaban J connectivity index is 2.02. The van der Waals surface area contributed by atoms with Crippen molar-refractivity contribution in [2.24, 2.45) is 7.05 Å². The maximum atomic E-state index is 4.59. The van der Waals surface area contributed by atoms with E-state index in [0.717, 1.165) is 13.1 Å². The molecular weight excluding hydrogens is 254 g/mol. The van der Waals surface area contributed by atoms with Crippen molar-refractivity contribution >= 4 is 11.3 Å². The molecule has 0 radical (unpaired) electrons. The smallest absolute Gasteiger partial charge is 0.0722 e. The van der Waals surface area contributed by atoms with E-state index < -0.39 is 0 Å². The summed E-state index contributed by atoms with van der Waals surface area (Å²) in [5.74, 6) is 0. The fourth-order valence-electron chi connectivity index (χ4n) is 2.20. The summed E-state index contributed by atoms with van der Waals surface area (Å²) in [6.45, 7) is 10.6. The summed E-state index contributed by atoms with van der Waals surface area (Å²) < 4.78 is 1.91. The van der Waals surface area contributed by atoms with Crippen LogP contribution >= 0.6 is 11.3 Å². The lowest BCUT2D eigenvalue weighted by atomic mass is 9.89. The van der Waals surface area contributed by atoms with Crippen molar-refractivity contribution in [1.29, 1.82) is 0 Å². The van der Waals surface area contributed by atoms with Crippen LogP contribution in [0, 0.1) is 6.92 Å². The molecule has 104 valence electrons. The van der Waals surface area contributed by atoms with Crippen LogP contribution in [0.1, 0.15) is 43.2 Å². The Morgan fingerprint density at radius 1 is 1.21 bits per heavy atom. The summed E-state index contributed by atoms with van der Waals surface area (Å²) in [5, 5.41) is 12.5. The van der Waals surface area contributed by atoms with Crippen LogP contribution in [0.3, 0.4) is 0 Å². The lowest BCUT2D eigenvalue weighted by molar-refractivity contribution is 0.543. The average molecular weight is 277 g/mol. The van der Waals surface area contributed by atoms with Gasteiger partial charge in [0.15, 0.2) is 0 Å². The fourth-order valence-corrected chi connectivity index (χ4v) is 3.06. The maximum absolute atomic E-state index is 4.59. The van der Waals surface area contributed by atoms with E-state index in [1.54, 1.807) is 11.3 Å². The van der Waals surface area contributed by atoms with Crippen molar-refractivity contribution < 1.29 is 0 Å². The highest BCUT2D eigenvalue weighted by Gasteiger charge is 2.21. The van der Waals surface area contributed by atoms with Crippen molar-refractivity contribution in [3.05, 3.63) is 39.3 Å². The number of hydrogen-bond acceptors (Lipinski definition) is 3. The molecule has 2 heterocycles. The third-order valence-electron chi connectivity index (χ3n) is 3.21. The fraction of sp³-hybridized carbons (Fsp3) is 0.533. The van der Waals surface area contributed by atoms with Gasteiger partial charge in [0, 0.05) is 37.3 Å². The molecule has 0 fully saturated rings. The molecular formula is C15H23N3S. The summed E-state index contributed by atoms with van der Waals surface area (Å²) >= 11 is 1.77. The SMILES string of the molecule is Cc1cscc1CNCc1cn(C)nc1C(C)(C)C. The minimum Gasteiger partial charge on any atom is -0.308 e. The van der Waals surface area contributed by atoms with Gasteiger partial charge in [0.25, 0.3) is 0 Å². The van der Waals surface area contributed by atoms with Gasteiger partial charge in [-0.15, -0.1) is 0 Å². The first kappa shape index (κ1) is 14.3. The average Bonchev–Trinajstić information content (AvgIpc) is 2.85. The summed E-state index contributed by atoms with van der Waals surface area (Å²) in [4.78, 5) is 0. The van der Waals surface area contributed by atoms with Crippen LogP contribution in [-0.2, 0) is 25.6 Å². The van der Waals surface area contributed by atoms with Crippen LogP contribution in [0.5, 0.6) is 0 Å². The van der Waals surface area contributed by atoms with Gasteiger partial charge >= 0.3 is 0 Å². The first-order chi connectivity index (χ1) is 8.88. The third-order valence-corrected chi connectivity index (χ3v) is 4.12. The second-order valence-electron chi connectivity index (χ2n) is 6.11. The number of nitrogens with one attached hydrogen (secondary N) is 1. The van der Waals surface area contributed by atoms with Gasteiger partial charge in [-0.05, 0) is 28.8 Å². The van der Waals surface area contributed by atoms with Crippen LogP contribution in [0.15, 0.2) is 17.0 Å². The van der Waals surface area contributed by atoms with Gasteiger partial charge < -0.3 is 5.32 Å². The monoisotopic (exact) mass is 277 g/mol. The standard InChI is InChI=1S/C15H23N3S/c1-11-9-19-10-13(11)7-16-6-12-8-18(5)17-14(12)15(2,3)4/h8-10,16H,6-7H2,1-5H3. The predicted octanol–water partition coefficient (Wildman–Crippen LogP) is 3.38. The molecule has 4 heteroatoms. The second-order valence-corrected chi connectivity index (χ2v) is 6.85. The Kier molecular flexibility index (Phi) is 4.11. The van der Waals surface area contributed by atoms with Gasteiger partial charge in [-0.1, -0.05) is 20.8 Å². The summed E-state index contributed by atoms with van der Waals surface area (Å²) in [6, 6.07) is 0. The molecule has 0 saturated carbocycles. The molecule has 19 heavy (non-hydrogen) atoms. The lowest BCUT2D eigenvalue weighted by Crippen LogP contribution is -2.19. The van der Waals surface area contributed by atoms with Crippen molar-refractivity contribution in [2.45, 2.75) is 46.2 Å². The van der Waals surface area contributed by atoms with Gasteiger partial charge in [0.1, 0.15) is 0 Å². The highest BCUT2D eigenvalue weighted by molar-refractivity contribution is 7.08. The molecule has 1 N–H and O–H groups in total. The van der Waals surface area contributed by atoms with E-state index in [1.165, 1.54) is 22.4 Å². The van der Waals surface area contributed by atoms with E-state index in [4.69, 9.17) is 0 Å².